The molecule has 0 fully saturated rings. The maximum atomic E-state index is 13.4. The number of aromatic nitrogens is 2. The monoisotopic (exact) mass is 527 g/mol. The van der Waals surface area contributed by atoms with Crippen molar-refractivity contribution in [3.63, 3.8) is 0 Å². The van der Waals surface area contributed by atoms with E-state index in [9.17, 15) is 14.9 Å². The second-order valence-corrected chi connectivity index (χ2v) is 9.25. The minimum Gasteiger partial charge on any atom is -0.400 e. The maximum Gasteiger partial charge on any atom is 0.433 e. The van der Waals surface area contributed by atoms with Gasteiger partial charge >= 0.3 is 5.88 Å². The first kappa shape index (κ1) is 20.4. The average Bonchev–Trinajstić information content (AvgIpc) is 3.52. The van der Waals surface area contributed by atoms with Crippen LogP contribution in [0.25, 0.3) is 20.4 Å². The molecule has 3 heterocycles. The fourth-order valence-electron chi connectivity index (χ4n) is 2.90. The van der Waals surface area contributed by atoms with Crippen LogP contribution < -0.4 is 5.01 Å². The number of thiazole rings is 2. The summed E-state index contributed by atoms with van der Waals surface area (Å²) >= 11 is 6.16. The van der Waals surface area contributed by atoms with E-state index in [1.165, 1.54) is 41.0 Å². The highest BCUT2D eigenvalue weighted by atomic mass is 79.9. The van der Waals surface area contributed by atoms with Crippen LogP contribution in [-0.2, 0) is 0 Å². The minimum absolute atomic E-state index is 0.135. The number of benzene rings is 2. The molecule has 2 aromatic carbocycles. The highest BCUT2D eigenvalue weighted by Crippen LogP contribution is 2.32. The maximum absolute atomic E-state index is 13.4. The van der Waals surface area contributed by atoms with E-state index in [0.717, 1.165) is 24.4 Å². The summed E-state index contributed by atoms with van der Waals surface area (Å²) in [6, 6.07) is 13.4. The first-order valence-corrected chi connectivity index (χ1v) is 11.5. The number of hydrazone groups is 1. The Kier molecular flexibility index (Phi) is 5.25. The lowest BCUT2D eigenvalue weighted by Gasteiger charge is -2.13. The van der Waals surface area contributed by atoms with Gasteiger partial charge in [0, 0.05) is 10.0 Å². The Morgan fingerprint density at radius 3 is 2.81 bits per heavy atom. The molecule has 0 atom stereocenters. The number of rotatable bonds is 5. The number of nitro groups is 1. The molecule has 1 amide bonds. The van der Waals surface area contributed by atoms with Crippen LogP contribution in [0.1, 0.15) is 16.1 Å². The number of hydrogen-bond acceptors (Lipinski definition) is 9. The van der Waals surface area contributed by atoms with Crippen molar-refractivity contribution in [2.24, 2.45) is 5.10 Å². The molecular formula is C20H10BrN5O4S2. The summed E-state index contributed by atoms with van der Waals surface area (Å²) in [6.07, 6.45) is 1.25. The number of carbonyl (C=O) groups is 1. The molecule has 5 rings (SSSR count). The Morgan fingerprint density at radius 1 is 1.16 bits per heavy atom. The van der Waals surface area contributed by atoms with Crippen molar-refractivity contribution in [2.75, 3.05) is 5.01 Å². The number of amides is 1. The van der Waals surface area contributed by atoms with Crippen molar-refractivity contribution in [3.8, 4) is 0 Å². The summed E-state index contributed by atoms with van der Waals surface area (Å²) < 4.78 is 7.75. The van der Waals surface area contributed by atoms with Gasteiger partial charge in [0.05, 0.1) is 38.2 Å². The van der Waals surface area contributed by atoms with Gasteiger partial charge in [0.25, 0.3) is 5.91 Å². The van der Waals surface area contributed by atoms with Crippen LogP contribution in [0.15, 0.2) is 68.0 Å². The molecule has 0 spiro atoms. The zero-order chi connectivity index (χ0) is 22.2. The fraction of sp³-hybridized carbons (Fsp3) is 0. The number of carbonyl (C=O) groups excluding carboxylic acids is 1. The van der Waals surface area contributed by atoms with Crippen molar-refractivity contribution in [3.05, 3.63) is 80.0 Å². The smallest absolute Gasteiger partial charge is 0.400 e. The molecule has 0 radical (unpaired) electrons. The van der Waals surface area contributed by atoms with Crippen LogP contribution in [0.2, 0.25) is 0 Å². The number of anilines is 1. The first-order chi connectivity index (χ1) is 15.5. The summed E-state index contributed by atoms with van der Waals surface area (Å²) in [5, 5.41) is 16.6. The Labute approximate surface area is 195 Å². The summed E-state index contributed by atoms with van der Waals surface area (Å²) in [6.45, 7) is 0. The lowest BCUT2D eigenvalue weighted by atomic mass is 10.2. The molecule has 0 unspecified atom stereocenters. The van der Waals surface area contributed by atoms with Crippen molar-refractivity contribution < 1.29 is 14.1 Å². The van der Waals surface area contributed by atoms with Gasteiger partial charge in [0.2, 0.25) is 5.13 Å². The van der Waals surface area contributed by atoms with Gasteiger partial charge in [-0.05, 0) is 42.5 Å². The van der Waals surface area contributed by atoms with Gasteiger partial charge in [0.1, 0.15) is 4.92 Å². The molecule has 0 saturated heterocycles. The van der Waals surface area contributed by atoms with Crippen molar-refractivity contribution in [1.29, 1.82) is 0 Å². The molecule has 12 heteroatoms. The predicted octanol–water partition coefficient (Wildman–Crippen LogP) is 5.85. The predicted molar refractivity (Wildman–Crippen MR) is 127 cm³/mol. The highest BCUT2D eigenvalue weighted by Gasteiger charge is 2.22. The van der Waals surface area contributed by atoms with Gasteiger partial charge in [-0.15, -0.1) is 11.3 Å². The molecule has 32 heavy (non-hydrogen) atoms. The summed E-state index contributed by atoms with van der Waals surface area (Å²) in [7, 11) is 0. The van der Waals surface area contributed by atoms with E-state index in [4.69, 9.17) is 4.42 Å². The van der Waals surface area contributed by atoms with Crippen LogP contribution >= 0.6 is 38.6 Å². The molecule has 5 aromatic rings. The van der Waals surface area contributed by atoms with Crippen LogP contribution in [0, 0.1) is 10.1 Å². The van der Waals surface area contributed by atoms with Crippen LogP contribution in [-0.4, -0.2) is 27.0 Å². The summed E-state index contributed by atoms with van der Waals surface area (Å²) in [5.74, 6) is -0.684. The molecule has 0 N–H and O–H groups in total. The number of nitrogens with zero attached hydrogens (tertiary/aromatic N) is 5. The van der Waals surface area contributed by atoms with Crippen molar-refractivity contribution >= 4 is 82.2 Å². The molecule has 3 aromatic heterocycles. The van der Waals surface area contributed by atoms with E-state index in [1.807, 2.05) is 18.2 Å². The van der Waals surface area contributed by atoms with Gasteiger partial charge in [0.15, 0.2) is 5.76 Å². The normalized spacial score (nSPS) is 11.5. The van der Waals surface area contributed by atoms with E-state index >= 15 is 0 Å². The molecule has 0 aliphatic carbocycles. The van der Waals surface area contributed by atoms with Gasteiger partial charge in [-0.25, -0.2) is 9.97 Å². The van der Waals surface area contributed by atoms with E-state index in [1.54, 1.807) is 23.7 Å². The van der Waals surface area contributed by atoms with Crippen molar-refractivity contribution in [2.45, 2.75) is 0 Å². The third kappa shape index (κ3) is 3.90. The third-order valence-electron chi connectivity index (χ3n) is 4.38. The Morgan fingerprint density at radius 2 is 2.00 bits per heavy atom. The number of fused-ring (bicyclic) bond motifs is 2. The van der Waals surface area contributed by atoms with Crippen LogP contribution in [0.3, 0.4) is 0 Å². The molecular weight excluding hydrogens is 518 g/mol. The topological polar surface area (TPSA) is 115 Å². The van der Waals surface area contributed by atoms with Gasteiger partial charge in [-0.3, -0.25) is 14.9 Å². The lowest BCUT2D eigenvalue weighted by Crippen LogP contribution is -2.25. The largest absolute Gasteiger partial charge is 0.433 e. The van der Waals surface area contributed by atoms with Crippen LogP contribution in [0.4, 0.5) is 11.0 Å². The Balaban J connectivity index is 1.56. The standard InChI is InChI=1S/C20H10BrN5O4S2/c21-12-2-5-15-17(8-12)32-20(24-15)25(23-9-13-3-6-18(30-13)26(28)29)19(27)11-1-4-14-16(7-11)31-10-22-14/h1-10H/b23-9+. The van der Waals surface area contributed by atoms with Gasteiger partial charge < -0.3 is 4.42 Å². The minimum atomic E-state index is -0.643. The average molecular weight is 528 g/mol. The van der Waals surface area contributed by atoms with Gasteiger partial charge in [-0.1, -0.05) is 27.3 Å². The molecule has 158 valence electrons. The molecule has 0 bridgehead atoms. The SMILES string of the molecule is O=C(c1ccc2ncsc2c1)N(/N=C/c1ccc([N+](=O)[O-])o1)c1nc2ccc(Br)cc2s1. The summed E-state index contributed by atoms with van der Waals surface area (Å²) in [5.41, 5.74) is 3.64. The summed E-state index contributed by atoms with van der Waals surface area (Å²) in [4.78, 5) is 32.4. The Bertz CT molecular complexity index is 1520. The number of halogens is 1. The van der Waals surface area contributed by atoms with E-state index < -0.39 is 16.7 Å². The highest BCUT2D eigenvalue weighted by molar-refractivity contribution is 9.10. The zero-order valence-corrected chi connectivity index (χ0v) is 19.1. The second-order valence-electron chi connectivity index (χ2n) is 6.44. The second kappa shape index (κ2) is 8.22. The zero-order valence-electron chi connectivity index (χ0n) is 15.8. The van der Waals surface area contributed by atoms with Gasteiger partial charge in [-0.2, -0.15) is 10.1 Å². The van der Waals surface area contributed by atoms with E-state index in [0.29, 0.717) is 16.2 Å². The fourth-order valence-corrected chi connectivity index (χ4v) is 5.09. The molecule has 0 saturated carbocycles. The van der Waals surface area contributed by atoms with E-state index in [2.05, 4.69) is 31.0 Å². The molecule has 9 nitrogen and oxygen atoms in total. The van der Waals surface area contributed by atoms with Crippen molar-refractivity contribution in [1.82, 2.24) is 9.97 Å². The van der Waals surface area contributed by atoms with Crippen LogP contribution in [0.5, 0.6) is 0 Å². The Hall–Kier alpha value is -3.48. The first-order valence-electron chi connectivity index (χ1n) is 9.00. The third-order valence-corrected chi connectivity index (χ3v) is 6.66. The number of furan rings is 1. The number of hydrogen-bond donors (Lipinski definition) is 0. The molecule has 0 aliphatic rings. The molecule has 0 aliphatic heterocycles. The lowest BCUT2D eigenvalue weighted by molar-refractivity contribution is -0.402. The quantitative estimate of drug-likeness (QED) is 0.161. The van der Waals surface area contributed by atoms with E-state index in [-0.39, 0.29) is 5.76 Å².